The van der Waals surface area contributed by atoms with Crippen molar-refractivity contribution in [3.63, 3.8) is 0 Å². The van der Waals surface area contributed by atoms with Crippen LogP contribution in [0.2, 0.25) is 0 Å². The average Bonchev–Trinajstić information content (AvgIpc) is 2.33. The molecular weight excluding hydrogens is 182 g/mol. The van der Waals surface area contributed by atoms with Crippen LogP contribution in [0.1, 0.15) is 63.0 Å². The molecule has 0 amide bonds. The lowest BCUT2D eigenvalue weighted by Gasteiger charge is -2.22. The summed E-state index contributed by atoms with van der Waals surface area (Å²) >= 11 is 0. The van der Waals surface area contributed by atoms with Gasteiger partial charge in [-0.25, -0.2) is 0 Å². The van der Waals surface area contributed by atoms with E-state index in [1.54, 1.807) is 0 Å². The van der Waals surface area contributed by atoms with Gasteiger partial charge in [0.05, 0.1) is 0 Å². The molecule has 1 heteroatoms. The van der Waals surface area contributed by atoms with Gasteiger partial charge in [-0.05, 0) is 42.9 Å². The zero-order valence-corrected chi connectivity index (χ0v) is 10.3. The Morgan fingerprint density at radius 3 is 2.40 bits per heavy atom. The summed E-state index contributed by atoms with van der Waals surface area (Å²) < 4.78 is 0. The second kappa shape index (κ2) is 6.60. The normalized spacial score (nSPS) is 16.7. The Bertz CT molecular complexity index is 274. The van der Waals surface area contributed by atoms with Crippen molar-refractivity contribution in [1.82, 2.24) is 4.98 Å². The summed E-state index contributed by atoms with van der Waals surface area (Å²) in [7, 11) is 0. The SMILES string of the molecule is CC.Cc1ccncc1C1CCCCC1. The Hall–Kier alpha value is -0.850. The predicted octanol–water partition coefficient (Wildman–Crippen LogP) is 4.46. The molecular formula is C14H23N. The van der Waals surface area contributed by atoms with Crippen LogP contribution in [0.5, 0.6) is 0 Å². The largest absolute Gasteiger partial charge is 0.264 e. The number of hydrogen-bond acceptors (Lipinski definition) is 1. The lowest BCUT2D eigenvalue weighted by atomic mass is 9.83. The van der Waals surface area contributed by atoms with Gasteiger partial charge in [0.25, 0.3) is 0 Å². The molecule has 2 rings (SSSR count). The molecule has 1 aliphatic rings. The van der Waals surface area contributed by atoms with Crippen LogP contribution >= 0.6 is 0 Å². The average molecular weight is 205 g/mol. The molecule has 1 fully saturated rings. The van der Waals surface area contributed by atoms with Gasteiger partial charge in [0.2, 0.25) is 0 Å². The van der Waals surface area contributed by atoms with Gasteiger partial charge in [-0.1, -0.05) is 33.1 Å². The van der Waals surface area contributed by atoms with E-state index in [-0.39, 0.29) is 0 Å². The molecule has 0 aliphatic heterocycles. The van der Waals surface area contributed by atoms with Crippen molar-refractivity contribution in [2.75, 3.05) is 0 Å². The highest BCUT2D eigenvalue weighted by Gasteiger charge is 2.16. The fourth-order valence-electron chi connectivity index (χ4n) is 2.32. The van der Waals surface area contributed by atoms with Crippen molar-refractivity contribution >= 4 is 0 Å². The summed E-state index contributed by atoms with van der Waals surface area (Å²) in [5, 5.41) is 0. The summed E-state index contributed by atoms with van der Waals surface area (Å²) in [5.74, 6) is 0.794. The third-order valence-electron chi connectivity index (χ3n) is 3.12. The number of pyridine rings is 1. The van der Waals surface area contributed by atoms with Gasteiger partial charge >= 0.3 is 0 Å². The molecule has 84 valence electrons. The van der Waals surface area contributed by atoms with Crippen molar-refractivity contribution in [2.24, 2.45) is 0 Å². The van der Waals surface area contributed by atoms with Crippen LogP contribution in [0, 0.1) is 6.92 Å². The van der Waals surface area contributed by atoms with Gasteiger partial charge in [-0.2, -0.15) is 0 Å². The summed E-state index contributed by atoms with van der Waals surface area (Å²) in [4.78, 5) is 4.22. The Balaban J connectivity index is 0.000000531. The molecule has 1 aromatic rings. The van der Waals surface area contributed by atoms with Crippen LogP contribution in [-0.4, -0.2) is 4.98 Å². The highest BCUT2D eigenvalue weighted by molar-refractivity contribution is 5.25. The van der Waals surface area contributed by atoms with Crippen LogP contribution in [0.4, 0.5) is 0 Å². The molecule has 1 saturated carbocycles. The maximum Gasteiger partial charge on any atom is 0.0305 e. The fourth-order valence-corrected chi connectivity index (χ4v) is 2.32. The van der Waals surface area contributed by atoms with Crippen molar-refractivity contribution in [2.45, 2.75) is 58.8 Å². The minimum Gasteiger partial charge on any atom is -0.264 e. The first-order valence-corrected chi connectivity index (χ1v) is 6.28. The lowest BCUT2D eigenvalue weighted by molar-refractivity contribution is 0.441. The standard InChI is InChI=1S/C12H17N.C2H6/c1-10-7-8-13-9-12(10)11-5-3-2-4-6-11;1-2/h7-9,11H,2-6H2,1H3;1-2H3. The highest BCUT2D eigenvalue weighted by atomic mass is 14.6. The van der Waals surface area contributed by atoms with Gasteiger partial charge in [0.1, 0.15) is 0 Å². The number of aryl methyl sites for hydroxylation is 1. The van der Waals surface area contributed by atoms with Gasteiger partial charge in [0.15, 0.2) is 0 Å². The van der Waals surface area contributed by atoms with Crippen molar-refractivity contribution in [3.05, 3.63) is 29.6 Å². The molecule has 1 aliphatic carbocycles. The van der Waals surface area contributed by atoms with E-state index in [1.807, 2.05) is 20.0 Å². The first-order chi connectivity index (χ1) is 7.38. The molecule has 1 aromatic heterocycles. The Morgan fingerprint density at radius 1 is 1.13 bits per heavy atom. The van der Waals surface area contributed by atoms with E-state index in [0.29, 0.717) is 0 Å². The Kier molecular flexibility index (Phi) is 5.38. The van der Waals surface area contributed by atoms with E-state index < -0.39 is 0 Å². The predicted molar refractivity (Wildman–Crippen MR) is 66.1 cm³/mol. The lowest BCUT2D eigenvalue weighted by Crippen LogP contribution is -2.06. The Morgan fingerprint density at radius 2 is 1.80 bits per heavy atom. The van der Waals surface area contributed by atoms with E-state index in [0.717, 1.165) is 5.92 Å². The minimum absolute atomic E-state index is 0.794. The molecule has 0 unspecified atom stereocenters. The van der Waals surface area contributed by atoms with Crippen molar-refractivity contribution in [1.29, 1.82) is 0 Å². The zero-order valence-electron chi connectivity index (χ0n) is 10.3. The van der Waals surface area contributed by atoms with Gasteiger partial charge < -0.3 is 0 Å². The summed E-state index contributed by atoms with van der Waals surface area (Å²) in [6.07, 6.45) is 10.9. The van der Waals surface area contributed by atoms with Crippen LogP contribution in [0.15, 0.2) is 18.5 Å². The molecule has 0 atom stereocenters. The number of rotatable bonds is 1. The van der Waals surface area contributed by atoms with Gasteiger partial charge in [-0.15, -0.1) is 0 Å². The summed E-state index contributed by atoms with van der Waals surface area (Å²) in [5.41, 5.74) is 2.91. The van der Waals surface area contributed by atoms with E-state index in [1.165, 1.54) is 43.2 Å². The van der Waals surface area contributed by atoms with Crippen LogP contribution < -0.4 is 0 Å². The van der Waals surface area contributed by atoms with Crippen LogP contribution in [0.25, 0.3) is 0 Å². The topological polar surface area (TPSA) is 12.9 Å². The molecule has 0 radical (unpaired) electrons. The van der Waals surface area contributed by atoms with E-state index >= 15 is 0 Å². The molecule has 1 heterocycles. The second-order valence-corrected chi connectivity index (χ2v) is 4.07. The minimum atomic E-state index is 0.794. The first-order valence-electron chi connectivity index (χ1n) is 6.28. The molecule has 15 heavy (non-hydrogen) atoms. The Labute approximate surface area is 93.9 Å². The molecule has 1 nitrogen and oxygen atoms in total. The molecule has 0 N–H and O–H groups in total. The monoisotopic (exact) mass is 205 g/mol. The van der Waals surface area contributed by atoms with Crippen LogP contribution in [0.3, 0.4) is 0 Å². The molecule has 0 aromatic carbocycles. The van der Waals surface area contributed by atoms with E-state index in [9.17, 15) is 0 Å². The maximum absolute atomic E-state index is 4.22. The van der Waals surface area contributed by atoms with Crippen molar-refractivity contribution < 1.29 is 0 Å². The smallest absolute Gasteiger partial charge is 0.0305 e. The molecule has 0 saturated heterocycles. The summed E-state index contributed by atoms with van der Waals surface area (Å²) in [6.45, 7) is 6.20. The number of nitrogens with zero attached hydrogens (tertiary/aromatic N) is 1. The van der Waals surface area contributed by atoms with Gasteiger partial charge in [0, 0.05) is 12.4 Å². The third kappa shape index (κ3) is 3.33. The number of aromatic nitrogens is 1. The summed E-state index contributed by atoms with van der Waals surface area (Å²) in [6, 6.07) is 2.13. The van der Waals surface area contributed by atoms with Crippen molar-refractivity contribution in [3.8, 4) is 0 Å². The third-order valence-corrected chi connectivity index (χ3v) is 3.12. The number of hydrogen-bond donors (Lipinski definition) is 0. The van der Waals surface area contributed by atoms with E-state index in [2.05, 4.69) is 24.2 Å². The molecule has 0 spiro atoms. The van der Waals surface area contributed by atoms with Crippen LogP contribution in [-0.2, 0) is 0 Å². The second-order valence-electron chi connectivity index (χ2n) is 4.07. The quantitative estimate of drug-likeness (QED) is 0.659. The maximum atomic E-state index is 4.22. The molecule has 0 bridgehead atoms. The fraction of sp³-hybridized carbons (Fsp3) is 0.643. The first kappa shape index (κ1) is 12.2. The van der Waals surface area contributed by atoms with E-state index in [4.69, 9.17) is 0 Å². The highest BCUT2D eigenvalue weighted by Crippen LogP contribution is 2.33. The van der Waals surface area contributed by atoms with Gasteiger partial charge in [-0.3, -0.25) is 4.98 Å². The zero-order chi connectivity index (χ0) is 11.1.